The minimum Gasteiger partial charge on any atom is -0.373 e. The van der Waals surface area contributed by atoms with E-state index in [1.54, 1.807) is 0 Å². The largest absolute Gasteiger partial charge is 0.373 e. The summed E-state index contributed by atoms with van der Waals surface area (Å²) >= 11 is 0. The molecule has 0 fully saturated rings. The van der Waals surface area contributed by atoms with E-state index in [0.29, 0.717) is 6.04 Å². The summed E-state index contributed by atoms with van der Waals surface area (Å²) < 4.78 is 0. The number of hydrogen-bond donors (Lipinski definition) is 2. The Balaban J connectivity index is 2.71. The molecule has 1 aromatic heterocycles. The number of aromatic nitrogens is 2. The maximum Gasteiger partial charge on any atom is 0.132 e. The lowest BCUT2D eigenvalue weighted by Crippen LogP contribution is -2.16. The molecule has 15 heavy (non-hydrogen) atoms. The molecule has 4 nitrogen and oxygen atoms in total. The quantitative estimate of drug-likeness (QED) is 0.780. The molecule has 0 spiro atoms. The van der Waals surface area contributed by atoms with Gasteiger partial charge in [-0.05, 0) is 20.3 Å². The molecule has 0 saturated heterocycles. The van der Waals surface area contributed by atoms with Crippen molar-refractivity contribution in [1.82, 2.24) is 9.97 Å². The fourth-order valence-electron chi connectivity index (χ4n) is 1.53. The van der Waals surface area contributed by atoms with Gasteiger partial charge in [0.2, 0.25) is 0 Å². The molecule has 1 atom stereocenters. The molecule has 1 rings (SSSR count). The van der Waals surface area contributed by atoms with Gasteiger partial charge in [0.05, 0.1) is 0 Å². The topological polar surface area (TPSA) is 49.8 Å². The predicted molar refractivity (Wildman–Crippen MR) is 64.3 cm³/mol. The van der Waals surface area contributed by atoms with Crippen LogP contribution in [0.2, 0.25) is 0 Å². The third-order valence-corrected chi connectivity index (χ3v) is 2.21. The van der Waals surface area contributed by atoms with Gasteiger partial charge in [0.1, 0.15) is 17.5 Å². The van der Waals surface area contributed by atoms with Gasteiger partial charge >= 0.3 is 0 Å². The van der Waals surface area contributed by atoms with Gasteiger partial charge in [-0.1, -0.05) is 13.3 Å². The van der Waals surface area contributed by atoms with E-state index in [-0.39, 0.29) is 0 Å². The van der Waals surface area contributed by atoms with E-state index in [9.17, 15) is 0 Å². The second-order valence-corrected chi connectivity index (χ2v) is 3.77. The Kier molecular flexibility index (Phi) is 4.34. The van der Waals surface area contributed by atoms with Gasteiger partial charge < -0.3 is 10.6 Å². The van der Waals surface area contributed by atoms with Crippen LogP contribution in [0.25, 0.3) is 0 Å². The minimum absolute atomic E-state index is 0.453. The summed E-state index contributed by atoms with van der Waals surface area (Å²) in [6, 6.07) is 2.38. The smallest absolute Gasteiger partial charge is 0.132 e. The lowest BCUT2D eigenvalue weighted by Gasteiger charge is -2.14. The lowest BCUT2D eigenvalue weighted by molar-refractivity contribution is 0.686. The molecule has 84 valence electrons. The Morgan fingerprint density at radius 3 is 2.60 bits per heavy atom. The number of anilines is 2. The zero-order chi connectivity index (χ0) is 11.3. The molecule has 1 aromatic rings. The van der Waals surface area contributed by atoms with Crippen LogP contribution in [0.3, 0.4) is 0 Å². The van der Waals surface area contributed by atoms with Gasteiger partial charge in [-0.2, -0.15) is 0 Å². The molecule has 0 aliphatic carbocycles. The summed E-state index contributed by atoms with van der Waals surface area (Å²) in [5.41, 5.74) is 0. The van der Waals surface area contributed by atoms with E-state index in [2.05, 4.69) is 34.4 Å². The standard InChI is InChI=1S/C11H20N4/c1-5-6-8(2)13-11-7-10(12-4)14-9(3)15-11/h7-8H,5-6H2,1-4H3,(H2,12,13,14,15). The molecule has 2 N–H and O–H groups in total. The van der Waals surface area contributed by atoms with Crippen LogP contribution in [0.5, 0.6) is 0 Å². The molecule has 0 saturated carbocycles. The van der Waals surface area contributed by atoms with E-state index in [1.807, 2.05) is 20.0 Å². The summed E-state index contributed by atoms with van der Waals surface area (Å²) in [5, 5.41) is 6.39. The van der Waals surface area contributed by atoms with E-state index < -0.39 is 0 Å². The summed E-state index contributed by atoms with van der Waals surface area (Å²) in [4.78, 5) is 8.59. The Hall–Kier alpha value is -1.32. The van der Waals surface area contributed by atoms with Gasteiger partial charge in [-0.3, -0.25) is 0 Å². The summed E-state index contributed by atoms with van der Waals surface area (Å²) in [7, 11) is 1.86. The van der Waals surface area contributed by atoms with Gasteiger partial charge in [0, 0.05) is 19.2 Å². The van der Waals surface area contributed by atoms with Crippen molar-refractivity contribution >= 4 is 11.6 Å². The third kappa shape index (κ3) is 3.73. The molecule has 4 heteroatoms. The maximum absolute atomic E-state index is 4.34. The van der Waals surface area contributed by atoms with Gasteiger partial charge in [0.15, 0.2) is 0 Å². The van der Waals surface area contributed by atoms with E-state index in [0.717, 1.165) is 23.9 Å². The van der Waals surface area contributed by atoms with Gasteiger partial charge in [-0.25, -0.2) is 9.97 Å². The maximum atomic E-state index is 4.34. The van der Waals surface area contributed by atoms with Crippen LogP contribution in [-0.4, -0.2) is 23.1 Å². The average Bonchev–Trinajstić information content (AvgIpc) is 2.17. The number of aryl methyl sites for hydroxylation is 1. The number of rotatable bonds is 5. The average molecular weight is 208 g/mol. The predicted octanol–water partition coefficient (Wildman–Crippen LogP) is 2.43. The second kappa shape index (κ2) is 5.53. The van der Waals surface area contributed by atoms with Crippen LogP contribution in [0.15, 0.2) is 6.07 Å². The summed E-state index contributed by atoms with van der Waals surface area (Å²) in [6.07, 6.45) is 2.33. The van der Waals surface area contributed by atoms with Crippen molar-refractivity contribution in [2.45, 2.75) is 39.7 Å². The van der Waals surface area contributed by atoms with Crippen LogP contribution in [0, 0.1) is 6.92 Å². The highest BCUT2D eigenvalue weighted by molar-refractivity contribution is 5.47. The fourth-order valence-corrected chi connectivity index (χ4v) is 1.53. The second-order valence-electron chi connectivity index (χ2n) is 3.77. The Morgan fingerprint density at radius 2 is 2.00 bits per heavy atom. The molecule has 0 aliphatic rings. The Morgan fingerprint density at radius 1 is 1.33 bits per heavy atom. The molecular formula is C11H20N4. The van der Waals surface area contributed by atoms with Crippen LogP contribution in [0.1, 0.15) is 32.5 Å². The van der Waals surface area contributed by atoms with Crippen molar-refractivity contribution in [3.05, 3.63) is 11.9 Å². The highest BCUT2D eigenvalue weighted by Crippen LogP contribution is 2.12. The van der Waals surface area contributed by atoms with E-state index in [4.69, 9.17) is 0 Å². The fraction of sp³-hybridized carbons (Fsp3) is 0.636. The van der Waals surface area contributed by atoms with Gasteiger partial charge in [0.25, 0.3) is 0 Å². The number of hydrogen-bond acceptors (Lipinski definition) is 4. The van der Waals surface area contributed by atoms with Crippen molar-refractivity contribution in [2.75, 3.05) is 17.7 Å². The minimum atomic E-state index is 0.453. The third-order valence-electron chi connectivity index (χ3n) is 2.21. The van der Waals surface area contributed by atoms with Crippen molar-refractivity contribution in [2.24, 2.45) is 0 Å². The number of nitrogens with zero attached hydrogens (tertiary/aromatic N) is 2. The number of nitrogens with one attached hydrogen (secondary N) is 2. The summed E-state index contributed by atoms with van der Waals surface area (Å²) in [5.74, 6) is 2.54. The molecular weight excluding hydrogens is 188 g/mol. The molecule has 0 amide bonds. The molecule has 1 heterocycles. The van der Waals surface area contributed by atoms with Crippen molar-refractivity contribution < 1.29 is 0 Å². The first-order valence-corrected chi connectivity index (χ1v) is 5.45. The lowest BCUT2D eigenvalue weighted by atomic mass is 10.2. The first-order valence-electron chi connectivity index (χ1n) is 5.45. The molecule has 0 aromatic carbocycles. The highest BCUT2D eigenvalue weighted by atomic mass is 15.1. The van der Waals surface area contributed by atoms with Crippen LogP contribution >= 0.6 is 0 Å². The van der Waals surface area contributed by atoms with E-state index in [1.165, 1.54) is 6.42 Å². The Labute approximate surface area is 91.5 Å². The van der Waals surface area contributed by atoms with Crippen LogP contribution in [0.4, 0.5) is 11.6 Å². The first kappa shape index (κ1) is 11.8. The van der Waals surface area contributed by atoms with Crippen LogP contribution < -0.4 is 10.6 Å². The zero-order valence-electron chi connectivity index (χ0n) is 9.96. The molecule has 0 radical (unpaired) electrons. The van der Waals surface area contributed by atoms with Crippen molar-refractivity contribution in [3.8, 4) is 0 Å². The molecule has 0 bridgehead atoms. The van der Waals surface area contributed by atoms with E-state index >= 15 is 0 Å². The zero-order valence-corrected chi connectivity index (χ0v) is 9.96. The van der Waals surface area contributed by atoms with Crippen molar-refractivity contribution in [1.29, 1.82) is 0 Å². The normalized spacial score (nSPS) is 12.3. The van der Waals surface area contributed by atoms with Gasteiger partial charge in [-0.15, -0.1) is 0 Å². The SMILES string of the molecule is CCCC(C)Nc1cc(NC)nc(C)n1. The van der Waals surface area contributed by atoms with Crippen molar-refractivity contribution in [3.63, 3.8) is 0 Å². The molecule has 0 aliphatic heterocycles. The highest BCUT2D eigenvalue weighted by Gasteiger charge is 2.04. The Bertz CT molecular complexity index is 311. The monoisotopic (exact) mass is 208 g/mol. The summed E-state index contributed by atoms with van der Waals surface area (Å²) in [6.45, 7) is 6.25. The van der Waals surface area contributed by atoms with Crippen LogP contribution in [-0.2, 0) is 0 Å². The molecule has 1 unspecified atom stereocenters. The first-order chi connectivity index (χ1) is 7.15.